The van der Waals surface area contributed by atoms with Crippen LogP contribution in [0, 0.1) is 17.5 Å². The summed E-state index contributed by atoms with van der Waals surface area (Å²) in [6, 6.07) is 5.96. The Balaban J connectivity index is 2.29. The molecule has 0 unspecified atom stereocenters. The molecular weight excluding hydrogens is 251 g/mol. The zero-order valence-corrected chi connectivity index (χ0v) is 10.1. The maximum Gasteiger partial charge on any atom is 0.133 e. The van der Waals surface area contributed by atoms with Crippen molar-refractivity contribution >= 4 is 0 Å². The third-order valence-electron chi connectivity index (χ3n) is 3.61. The molecule has 1 aliphatic rings. The van der Waals surface area contributed by atoms with Crippen molar-refractivity contribution < 1.29 is 13.2 Å². The molecule has 0 bridgehead atoms. The Morgan fingerprint density at radius 1 is 0.947 bits per heavy atom. The molecule has 0 saturated carbocycles. The van der Waals surface area contributed by atoms with Crippen LogP contribution in [0.1, 0.15) is 23.6 Å². The van der Waals surface area contributed by atoms with E-state index in [1.54, 1.807) is 0 Å². The fourth-order valence-electron chi connectivity index (χ4n) is 2.74. The molecule has 0 radical (unpaired) electrons. The molecule has 2 aromatic rings. The van der Waals surface area contributed by atoms with Crippen LogP contribution in [0.3, 0.4) is 0 Å². The molecule has 1 atom stereocenters. The van der Waals surface area contributed by atoms with E-state index < -0.39 is 23.5 Å². The first-order valence-corrected chi connectivity index (χ1v) is 6.11. The Bertz CT molecular complexity index is 632. The van der Waals surface area contributed by atoms with Crippen LogP contribution >= 0.6 is 0 Å². The minimum Gasteiger partial charge on any atom is -0.324 e. The van der Waals surface area contributed by atoms with Gasteiger partial charge in [0.15, 0.2) is 0 Å². The highest BCUT2D eigenvalue weighted by Gasteiger charge is 2.27. The fraction of sp³-hybridized carbons (Fsp3) is 0.200. The lowest BCUT2D eigenvalue weighted by molar-refractivity contribution is 0.585. The predicted molar refractivity (Wildman–Crippen MR) is 67.0 cm³/mol. The standard InChI is InChI=1S/C15H12F3N/c16-10-2-1-3-11(17)14(10)8-4-6-12(18)15-9(8)5-7-13(15)19/h1-4,6,13H,5,7,19H2/t13-/m1/s1. The summed E-state index contributed by atoms with van der Waals surface area (Å²) < 4.78 is 41.4. The van der Waals surface area contributed by atoms with Crippen molar-refractivity contribution in [3.8, 4) is 11.1 Å². The third kappa shape index (κ3) is 1.83. The van der Waals surface area contributed by atoms with Gasteiger partial charge in [-0.15, -0.1) is 0 Å². The van der Waals surface area contributed by atoms with Gasteiger partial charge in [-0.25, -0.2) is 13.2 Å². The highest BCUT2D eigenvalue weighted by Crippen LogP contribution is 2.39. The molecule has 1 aliphatic carbocycles. The lowest BCUT2D eigenvalue weighted by Crippen LogP contribution is -2.07. The van der Waals surface area contributed by atoms with Gasteiger partial charge >= 0.3 is 0 Å². The van der Waals surface area contributed by atoms with Crippen LogP contribution in [0.2, 0.25) is 0 Å². The number of benzene rings is 2. The lowest BCUT2D eigenvalue weighted by atomic mass is 9.95. The Labute approximate surface area is 108 Å². The zero-order chi connectivity index (χ0) is 13.6. The van der Waals surface area contributed by atoms with Gasteiger partial charge in [0.25, 0.3) is 0 Å². The normalized spacial score (nSPS) is 17.6. The van der Waals surface area contributed by atoms with Gasteiger partial charge in [-0.1, -0.05) is 12.1 Å². The van der Waals surface area contributed by atoms with E-state index in [1.807, 2.05) is 0 Å². The molecule has 2 aromatic carbocycles. The molecule has 2 N–H and O–H groups in total. The first-order valence-electron chi connectivity index (χ1n) is 6.11. The van der Waals surface area contributed by atoms with E-state index >= 15 is 0 Å². The van der Waals surface area contributed by atoms with Gasteiger partial charge in [-0.2, -0.15) is 0 Å². The molecule has 0 aliphatic heterocycles. The molecule has 0 aromatic heterocycles. The van der Waals surface area contributed by atoms with Gasteiger partial charge in [0, 0.05) is 11.6 Å². The Morgan fingerprint density at radius 3 is 2.32 bits per heavy atom. The number of hydrogen-bond acceptors (Lipinski definition) is 1. The third-order valence-corrected chi connectivity index (χ3v) is 3.61. The summed E-state index contributed by atoms with van der Waals surface area (Å²) in [5.41, 5.74) is 7.15. The minimum absolute atomic E-state index is 0.104. The van der Waals surface area contributed by atoms with E-state index in [9.17, 15) is 13.2 Å². The summed E-state index contributed by atoms with van der Waals surface area (Å²) in [5.74, 6) is -1.69. The van der Waals surface area contributed by atoms with E-state index in [2.05, 4.69) is 0 Å². The molecule has 0 saturated heterocycles. The Morgan fingerprint density at radius 2 is 1.63 bits per heavy atom. The van der Waals surface area contributed by atoms with Crippen molar-refractivity contribution in [3.63, 3.8) is 0 Å². The molecular formula is C15H12F3N. The summed E-state index contributed by atoms with van der Waals surface area (Å²) in [4.78, 5) is 0. The van der Waals surface area contributed by atoms with Crippen molar-refractivity contribution in [2.24, 2.45) is 5.73 Å². The van der Waals surface area contributed by atoms with Gasteiger partial charge in [0.05, 0.1) is 5.56 Å². The SMILES string of the molecule is N[C@@H]1CCc2c(-c3c(F)cccc3F)ccc(F)c21. The molecule has 4 heteroatoms. The second kappa shape index (κ2) is 4.38. The number of nitrogens with two attached hydrogens (primary N) is 1. The van der Waals surface area contributed by atoms with Gasteiger partial charge in [-0.05, 0) is 42.2 Å². The van der Waals surface area contributed by atoms with Crippen LogP contribution in [0.5, 0.6) is 0 Å². The molecule has 0 fully saturated rings. The second-order valence-electron chi connectivity index (χ2n) is 4.73. The smallest absolute Gasteiger partial charge is 0.133 e. The summed E-state index contributed by atoms with van der Waals surface area (Å²) in [5, 5.41) is 0. The van der Waals surface area contributed by atoms with Crippen LogP contribution in [-0.2, 0) is 6.42 Å². The predicted octanol–water partition coefficient (Wildman–Crippen LogP) is 3.72. The fourth-order valence-corrected chi connectivity index (χ4v) is 2.74. The maximum absolute atomic E-state index is 13.8. The van der Waals surface area contributed by atoms with Crippen LogP contribution in [0.4, 0.5) is 13.2 Å². The van der Waals surface area contributed by atoms with Gasteiger partial charge in [-0.3, -0.25) is 0 Å². The average Bonchev–Trinajstić information content (AvgIpc) is 2.75. The molecule has 1 nitrogen and oxygen atoms in total. The van der Waals surface area contributed by atoms with Crippen molar-refractivity contribution in [2.75, 3.05) is 0 Å². The number of halogens is 3. The van der Waals surface area contributed by atoms with Gasteiger partial charge < -0.3 is 5.73 Å². The van der Waals surface area contributed by atoms with E-state index in [-0.39, 0.29) is 5.56 Å². The summed E-state index contributed by atoms with van der Waals surface area (Å²) >= 11 is 0. The highest BCUT2D eigenvalue weighted by molar-refractivity contribution is 5.71. The van der Waals surface area contributed by atoms with Crippen LogP contribution < -0.4 is 5.73 Å². The maximum atomic E-state index is 13.8. The van der Waals surface area contributed by atoms with Crippen molar-refractivity contribution in [3.05, 3.63) is 58.9 Å². The average molecular weight is 263 g/mol. The van der Waals surface area contributed by atoms with E-state index in [0.29, 0.717) is 29.5 Å². The Hall–Kier alpha value is -1.81. The Kier molecular flexibility index (Phi) is 2.82. The summed E-state index contributed by atoms with van der Waals surface area (Å²) in [6.45, 7) is 0. The van der Waals surface area contributed by atoms with Crippen molar-refractivity contribution in [1.82, 2.24) is 0 Å². The number of rotatable bonds is 1. The van der Waals surface area contributed by atoms with Crippen molar-refractivity contribution in [1.29, 1.82) is 0 Å². The molecule has 0 spiro atoms. The highest BCUT2D eigenvalue weighted by atomic mass is 19.1. The first kappa shape index (κ1) is 12.2. The zero-order valence-electron chi connectivity index (χ0n) is 10.1. The molecule has 0 heterocycles. The number of fused-ring (bicyclic) bond motifs is 1. The van der Waals surface area contributed by atoms with Crippen molar-refractivity contribution in [2.45, 2.75) is 18.9 Å². The van der Waals surface area contributed by atoms with Crippen LogP contribution in [-0.4, -0.2) is 0 Å². The molecule has 0 amide bonds. The van der Waals surface area contributed by atoms with Crippen LogP contribution in [0.25, 0.3) is 11.1 Å². The molecule has 3 rings (SSSR count). The second-order valence-corrected chi connectivity index (χ2v) is 4.73. The number of hydrogen-bond donors (Lipinski definition) is 1. The minimum atomic E-state index is -0.644. The monoisotopic (exact) mass is 263 g/mol. The molecule has 98 valence electrons. The van der Waals surface area contributed by atoms with Gasteiger partial charge in [0.2, 0.25) is 0 Å². The van der Waals surface area contributed by atoms with E-state index in [4.69, 9.17) is 5.73 Å². The lowest BCUT2D eigenvalue weighted by Gasteiger charge is -2.12. The summed E-state index contributed by atoms with van der Waals surface area (Å²) in [6.07, 6.45) is 1.14. The largest absolute Gasteiger partial charge is 0.324 e. The van der Waals surface area contributed by atoms with Crippen LogP contribution in [0.15, 0.2) is 30.3 Å². The quantitative estimate of drug-likeness (QED) is 0.833. The first-order chi connectivity index (χ1) is 9.09. The molecule has 19 heavy (non-hydrogen) atoms. The summed E-state index contributed by atoms with van der Waals surface area (Å²) in [7, 11) is 0. The van der Waals surface area contributed by atoms with E-state index in [1.165, 1.54) is 30.3 Å². The topological polar surface area (TPSA) is 26.0 Å². The van der Waals surface area contributed by atoms with Gasteiger partial charge in [0.1, 0.15) is 17.5 Å². The van der Waals surface area contributed by atoms with E-state index in [0.717, 1.165) is 0 Å².